The van der Waals surface area contributed by atoms with E-state index < -0.39 is 30.4 Å². The molecule has 2 heterocycles. The number of amides is 3. The van der Waals surface area contributed by atoms with Crippen molar-refractivity contribution >= 4 is 51.7 Å². The van der Waals surface area contributed by atoms with E-state index in [-0.39, 0.29) is 58.7 Å². The Morgan fingerprint density at radius 3 is 2.50 bits per heavy atom. The topological polar surface area (TPSA) is 175 Å². The SMILES string of the molecule is COCCOC(=O)c1c(NC(=O)COC(=O)C2=NNC(=O)CC2)sc(C(N)=O)c1C. The van der Waals surface area contributed by atoms with E-state index in [9.17, 15) is 24.0 Å². The van der Waals surface area contributed by atoms with Crippen LogP contribution >= 0.6 is 11.3 Å². The first-order valence-corrected chi connectivity index (χ1v) is 9.47. The molecule has 0 fully saturated rings. The molecule has 1 aromatic rings. The summed E-state index contributed by atoms with van der Waals surface area (Å²) < 4.78 is 14.7. The number of thiophene rings is 1. The molecule has 0 saturated heterocycles. The van der Waals surface area contributed by atoms with Crippen LogP contribution in [0, 0.1) is 6.92 Å². The molecule has 0 unspecified atom stereocenters. The lowest BCUT2D eigenvalue weighted by atomic mass is 10.1. The van der Waals surface area contributed by atoms with Crippen LogP contribution < -0.4 is 16.5 Å². The Hall–Kier alpha value is -3.32. The standard InChI is InChI=1S/C17H20N4O8S/c1-8-12(17(26)28-6-5-27-2)15(30-13(8)14(18)24)19-11(23)7-29-16(25)9-3-4-10(22)21-20-9/h3-7H2,1-2H3,(H2,18,24)(H,19,23)(H,21,22). The van der Waals surface area contributed by atoms with Crippen LogP contribution in [0.3, 0.4) is 0 Å². The van der Waals surface area contributed by atoms with Gasteiger partial charge in [-0.1, -0.05) is 0 Å². The molecule has 0 saturated carbocycles. The summed E-state index contributed by atoms with van der Waals surface area (Å²) in [6.45, 7) is 0.960. The number of carbonyl (C=O) groups excluding carboxylic acids is 5. The lowest BCUT2D eigenvalue weighted by molar-refractivity contribution is -0.140. The van der Waals surface area contributed by atoms with Crippen LogP contribution in [0.25, 0.3) is 0 Å². The fourth-order valence-electron chi connectivity index (χ4n) is 2.37. The Morgan fingerprint density at radius 2 is 1.90 bits per heavy atom. The van der Waals surface area contributed by atoms with Crippen molar-refractivity contribution in [2.75, 3.05) is 32.2 Å². The normalized spacial score (nSPS) is 13.1. The number of methoxy groups -OCH3 is 1. The molecule has 1 aromatic heterocycles. The predicted octanol–water partition coefficient (Wildman–Crippen LogP) is -0.294. The molecular weight excluding hydrogens is 420 g/mol. The molecule has 0 atom stereocenters. The summed E-state index contributed by atoms with van der Waals surface area (Å²) in [5, 5.41) is 6.02. The average Bonchev–Trinajstić information content (AvgIpc) is 3.03. The van der Waals surface area contributed by atoms with Crippen LogP contribution in [0.4, 0.5) is 5.00 Å². The number of nitrogens with two attached hydrogens (primary N) is 1. The highest BCUT2D eigenvalue weighted by Crippen LogP contribution is 2.33. The van der Waals surface area contributed by atoms with Gasteiger partial charge in [-0.25, -0.2) is 15.0 Å². The molecule has 0 bridgehead atoms. The number of hydrogen-bond acceptors (Lipinski definition) is 10. The van der Waals surface area contributed by atoms with Crippen LogP contribution in [0.1, 0.15) is 38.4 Å². The summed E-state index contributed by atoms with van der Waals surface area (Å²) in [7, 11) is 1.44. The van der Waals surface area contributed by atoms with Gasteiger partial charge in [-0.15, -0.1) is 11.3 Å². The number of carbonyl (C=O) groups is 5. The first-order chi connectivity index (χ1) is 14.2. The minimum atomic E-state index is -0.857. The van der Waals surface area contributed by atoms with Crippen LogP contribution in [0.5, 0.6) is 0 Å². The minimum Gasteiger partial charge on any atom is -0.460 e. The second kappa shape index (κ2) is 10.5. The van der Waals surface area contributed by atoms with E-state index in [1.165, 1.54) is 14.0 Å². The highest BCUT2D eigenvalue weighted by Gasteiger charge is 2.26. The number of ether oxygens (including phenoxy) is 3. The fraction of sp³-hybridized carbons (Fsp3) is 0.412. The zero-order valence-electron chi connectivity index (χ0n) is 16.2. The number of anilines is 1. The number of nitrogens with one attached hydrogen (secondary N) is 2. The van der Waals surface area contributed by atoms with Crippen molar-refractivity contribution < 1.29 is 38.2 Å². The third kappa shape index (κ3) is 5.84. The molecule has 4 N–H and O–H groups in total. The number of hydrogen-bond donors (Lipinski definition) is 3. The van der Waals surface area contributed by atoms with Crippen LogP contribution in [0.2, 0.25) is 0 Å². The summed E-state index contributed by atoms with van der Waals surface area (Å²) in [5.41, 5.74) is 7.67. The summed E-state index contributed by atoms with van der Waals surface area (Å²) in [5.74, 6) is -3.48. The lowest BCUT2D eigenvalue weighted by Gasteiger charge is -2.11. The summed E-state index contributed by atoms with van der Waals surface area (Å²) >= 11 is 0.802. The minimum absolute atomic E-state index is 0.0206. The van der Waals surface area contributed by atoms with Gasteiger partial charge in [0.15, 0.2) is 6.61 Å². The average molecular weight is 440 g/mol. The van der Waals surface area contributed by atoms with Gasteiger partial charge >= 0.3 is 11.9 Å². The zero-order chi connectivity index (χ0) is 22.3. The molecular formula is C17H20N4O8S. The van der Waals surface area contributed by atoms with Crippen molar-refractivity contribution in [1.82, 2.24) is 5.43 Å². The van der Waals surface area contributed by atoms with Gasteiger partial charge in [-0.05, 0) is 12.5 Å². The second-order valence-corrected chi connectivity index (χ2v) is 6.99. The van der Waals surface area contributed by atoms with Gasteiger partial charge in [0, 0.05) is 20.0 Å². The number of hydrazone groups is 1. The van der Waals surface area contributed by atoms with Crippen molar-refractivity contribution in [3.63, 3.8) is 0 Å². The number of rotatable bonds is 9. The number of esters is 2. The van der Waals surface area contributed by atoms with Gasteiger partial charge in [0.2, 0.25) is 5.91 Å². The molecule has 1 aliphatic rings. The monoisotopic (exact) mass is 440 g/mol. The molecule has 3 amide bonds. The third-order valence-corrected chi connectivity index (χ3v) is 5.04. The molecule has 1 aliphatic heterocycles. The molecule has 0 aliphatic carbocycles. The lowest BCUT2D eigenvalue weighted by Crippen LogP contribution is -2.32. The predicted molar refractivity (Wildman–Crippen MR) is 104 cm³/mol. The van der Waals surface area contributed by atoms with E-state index in [2.05, 4.69) is 15.8 Å². The molecule has 12 nitrogen and oxygen atoms in total. The maximum atomic E-state index is 12.4. The van der Waals surface area contributed by atoms with E-state index in [0.29, 0.717) is 0 Å². The quantitative estimate of drug-likeness (QED) is 0.346. The highest BCUT2D eigenvalue weighted by molar-refractivity contribution is 7.18. The number of primary amides is 1. The van der Waals surface area contributed by atoms with E-state index >= 15 is 0 Å². The van der Waals surface area contributed by atoms with Crippen molar-refractivity contribution in [3.05, 3.63) is 16.0 Å². The van der Waals surface area contributed by atoms with Crippen molar-refractivity contribution in [2.24, 2.45) is 10.8 Å². The molecule has 0 spiro atoms. The highest BCUT2D eigenvalue weighted by atomic mass is 32.1. The molecule has 162 valence electrons. The van der Waals surface area contributed by atoms with Crippen molar-refractivity contribution in [2.45, 2.75) is 19.8 Å². The van der Waals surface area contributed by atoms with E-state index in [1.54, 1.807) is 0 Å². The van der Waals surface area contributed by atoms with Gasteiger partial charge in [-0.3, -0.25) is 14.4 Å². The first kappa shape index (κ1) is 23.0. The Labute approximate surface area is 174 Å². The van der Waals surface area contributed by atoms with Crippen LogP contribution in [-0.2, 0) is 28.6 Å². The zero-order valence-corrected chi connectivity index (χ0v) is 17.1. The van der Waals surface area contributed by atoms with Crippen LogP contribution in [0.15, 0.2) is 5.10 Å². The molecule has 0 radical (unpaired) electrons. The van der Waals surface area contributed by atoms with Crippen LogP contribution in [-0.4, -0.2) is 62.3 Å². The molecule has 13 heteroatoms. The molecule has 30 heavy (non-hydrogen) atoms. The fourth-order valence-corrected chi connectivity index (χ4v) is 3.43. The molecule has 2 rings (SSSR count). The Kier molecular flexibility index (Phi) is 8.00. The van der Waals surface area contributed by atoms with E-state index in [0.717, 1.165) is 11.3 Å². The van der Waals surface area contributed by atoms with Gasteiger partial charge in [0.25, 0.3) is 11.8 Å². The smallest absolute Gasteiger partial charge is 0.355 e. The van der Waals surface area contributed by atoms with Gasteiger partial charge in [-0.2, -0.15) is 5.10 Å². The summed E-state index contributed by atoms with van der Waals surface area (Å²) in [6, 6.07) is 0. The van der Waals surface area contributed by atoms with Crippen molar-refractivity contribution in [1.29, 1.82) is 0 Å². The Morgan fingerprint density at radius 1 is 1.17 bits per heavy atom. The maximum Gasteiger partial charge on any atom is 0.355 e. The Bertz CT molecular complexity index is 908. The van der Waals surface area contributed by atoms with Gasteiger partial charge < -0.3 is 25.3 Å². The first-order valence-electron chi connectivity index (χ1n) is 8.66. The second-order valence-electron chi connectivity index (χ2n) is 5.97. The molecule has 0 aromatic carbocycles. The van der Waals surface area contributed by atoms with Gasteiger partial charge in [0.1, 0.15) is 17.3 Å². The summed E-state index contributed by atoms with van der Waals surface area (Å²) in [6.07, 6.45) is 0.175. The summed E-state index contributed by atoms with van der Waals surface area (Å²) in [4.78, 5) is 59.2. The Balaban J connectivity index is 2.06. The third-order valence-electron chi connectivity index (χ3n) is 3.82. The van der Waals surface area contributed by atoms with E-state index in [4.69, 9.17) is 19.9 Å². The van der Waals surface area contributed by atoms with Gasteiger partial charge in [0.05, 0.1) is 17.0 Å². The number of nitrogens with zero attached hydrogens (tertiary/aromatic N) is 1. The van der Waals surface area contributed by atoms with E-state index in [1.807, 2.05) is 0 Å². The largest absolute Gasteiger partial charge is 0.460 e. The maximum absolute atomic E-state index is 12.4. The van der Waals surface area contributed by atoms with Crippen molar-refractivity contribution in [3.8, 4) is 0 Å².